The highest BCUT2D eigenvalue weighted by Crippen LogP contribution is 2.43. The fourth-order valence-corrected chi connectivity index (χ4v) is 4.52. The molecule has 0 bridgehead atoms. The number of aliphatic hydroxyl groups excluding tert-OH is 1. The van der Waals surface area contributed by atoms with Crippen LogP contribution in [0.2, 0.25) is 5.02 Å². The summed E-state index contributed by atoms with van der Waals surface area (Å²) in [5.41, 5.74) is 2.72. The Labute approximate surface area is 190 Å². The SMILES string of the molecule is O=C1C(=O)N(c2cccc(Cl)c2)C(c2ccccc2)/C1=C(/O)c1ccc2c(c1)CCCO2. The monoisotopic (exact) mass is 445 g/mol. The molecule has 1 amide bonds. The third-order valence-electron chi connectivity index (χ3n) is 5.83. The van der Waals surface area contributed by atoms with Crippen molar-refractivity contribution in [3.63, 3.8) is 0 Å². The second-order valence-electron chi connectivity index (χ2n) is 7.83. The normalized spacial score (nSPS) is 19.5. The number of ether oxygens (including phenoxy) is 1. The van der Waals surface area contributed by atoms with Gasteiger partial charge in [0.05, 0.1) is 18.2 Å². The zero-order valence-corrected chi connectivity index (χ0v) is 17.9. The second-order valence-corrected chi connectivity index (χ2v) is 8.27. The van der Waals surface area contributed by atoms with Crippen molar-refractivity contribution in [3.05, 3.63) is 100 Å². The molecule has 2 aliphatic heterocycles. The van der Waals surface area contributed by atoms with E-state index in [4.69, 9.17) is 16.3 Å². The molecule has 1 unspecified atom stereocenters. The lowest BCUT2D eigenvalue weighted by Crippen LogP contribution is -2.29. The maximum absolute atomic E-state index is 13.2. The average molecular weight is 446 g/mol. The van der Waals surface area contributed by atoms with Crippen LogP contribution in [0, 0.1) is 0 Å². The zero-order chi connectivity index (χ0) is 22.2. The zero-order valence-electron chi connectivity index (χ0n) is 17.1. The van der Waals surface area contributed by atoms with Gasteiger partial charge in [-0.05, 0) is 60.4 Å². The Morgan fingerprint density at radius 2 is 1.81 bits per heavy atom. The van der Waals surface area contributed by atoms with Crippen molar-refractivity contribution < 1.29 is 19.4 Å². The average Bonchev–Trinajstić information content (AvgIpc) is 3.09. The number of rotatable bonds is 3. The van der Waals surface area contributed by atoms with Crippen LogP contribution in [0.3, 0.4) is 0 Å². The second kappa shape index (κ2) is 8.17. The van der Waals surface area contributed by atoms with Gasteiger partial charge in [-0.2, -0.15) is 0 Å². The molecular formula is C26H20ClNO4. The molecule has 1 N–H and O–H groups in total. The number of halogens is 1. The largest absolute Gasteiger partial charge is 0.507 e. The van der Waals surface area contributed by atoms with Crippen LogP contribution in [0.25, 0.3) is 5.76 Å². The van der Waals surface area contributed by atoms with Gasteiger partial charge in [-0.25, -0.2) is 0 Å². The van der Waals surface area contributed by atoms with Gasteiger partial charge in [0.1, 0.15) is 11.5 Å². The predicted octanol–water partition coefficient (Wildman–Crippen LogP) is 5.29. The number of Topliss-reactive ketones (excluding diaryl/α,β-unsaturated/α-hetero) is 1. The number of aliphatic hydroxyl groups is 1. The number of carbonyl (C=O) groups is 2. The van der Waals surface area contributed by atoms with E-state index in [-0.39, 0.29) is 11.3 Å². The van der Waals surface area contributed by atoms with Crippen molar-refractivity contribution in [2.45, 2.75) is 18.9 Å². The number of amides is 1. The van der Waals surface area contributed by atoms with E-state index in [0.29, 0.717) is 22.9 Å². The number of anilines is 1. The van der Waals surface area contributed by atoms with Crippen LogP contribution in [0.4, 0.5) is 5.69 Å². The van der Waals surface area contributed by atoms with Gasteiger partial charge in [-0.3, -0.25) is 14.5 Å². The molecule has 1 atom stereocenters. The number of hydrogen-bond donors (Lipinski definition) is 1. The number of ketones is 1. The van der Waals surface area contributed by atoms with Crippen molar-refractivity contribution in [3.8, 4) is 5.75 Å². The Morgan fingerprint density at radius 1 is 1.00 bits per heavy atom. The third-order valence-corrected chi connectivity index (χ3v) is 6.06. The van der Waals surface area contributed by atoms with Gasteiger partial charge in [-0.15, -0.1) is 0 Å². The first-order valence-corrected chi connectivity index (χ1v) is 10.8. The van der Waals surface area contributed by atoms with Gasteiger partial charge in [0.25, 0.3) is 11.7 Å². The molecule has 1 fully saturated rings. The van der Waals surface area contributed by atoms with Gasteiger partial charge in [0.2, 0.25) is 0 Å². The lowest BCUT2D eigenvalue weighted by molar-refractivity contribution is -0.132. The molecule has 2 heterocycles. The number of aryl methyl sites for hydroxylation is 1. The van der Waals surface area contributed by atoms with Crippen LogP contribution in [0.1, 0.15) is 29.2 Å². The van der Waals surface area contributed by atoms with Gasteiger partial charge < -0.3 is 9.84 Å². The molecule has 1 saturated heterocycles. The highest BCUT2D eigenvalue weighted by molar-refractivity contribution is 6.51. The molecule has 0 aromatic heterocycles. The predicted molar refractivity (Wildman–Crippen MR) is 123 cm³/mol. The summed E-state index contributed by atoms with van der Waals surface area (Å²) in [6.07, 6.45) is 1.72. The van der Waals surface area contributed by atoms with E-state index in [1.807, 2.05) is 36.4 Å². The number of fused-ring (bicyclic) bond motifs is 1. The van der Waals surface area contributed by atoms with Gasteiger partial charge in [-0.1, -0.05) is 48.0 Å². The maximum Gasteiger partial charge on any atom is 0.300 e. The molecule has 0 saturated carbocycles. The minimum atomic E-state index is -0.776. The fraction of sp³-hybridized carbons (Fsp3) is 0.154. The Kier molecular flexibility index (Phi) is 5.19. The first-order chi connectivity index (χ1) is 15.5. The summed E-state index contributed by atoms with van der Waals surface area (Å²) in [5.74, 6) is -0.851. The van der Waals surface area contributed by atoms with Crippen molar-refractivity contribution in [2.24, 2.45) is 0 Å². The van der Waals surface area contributed by atoms with Gasteiger partial charge in [0.15, 0.2) is 0 Å². The summed E-state index contributed by atoms with van der Waals surface area (Å²) in [5, 5.41) is 11.7. The Bertz CT molecular complexity index is 1250. The smallest absolute Gasteiger partial charge is 0.300 e. The van der Waals surface area contributed by atoms with E-state index >= 15 is 0 Å². The van der Waals surface area contributed by atoms with Crippen molar-refractivity contribution in [1.82, 2.24) is 0 Å². The maximum atomic E-state index is 13.2. The minimum absolute atomic E-state index is 0.0536. The molecule has 3 aromatic rings. The summed E-state index contributed by atoms with van der Waals surface area (Å²) < 4.78 is 5.66. The van der Waals surface area contributed by atoms with Crippen LogP contribution in [-0.4, -0.2) is 23.4 Å². The Hall–Kier alpha value is -3.57. The van der Waals surface area contributed by atoms with Crippen LogP contribution in [-0.2, 0) is 16.0 Å². The molecule has 160 valence electrons. The van der Waals surface area contributed by atoms with Crippen LogP contribution in [0.15, 0.2) is 78.4 Å². The highest BCUT2D eigenvalue weighted by atomic mass is 35.5. The van der Waals surface area contributed by atoms with E-state index in [1.54, 1.807) is 36.4 Å². The summed E-state index contributed by atoms with van der Waals surface area (Å²) in [4.78, 5) is 27.7. The molecular weight excluding hydrogens is 426 g/mol. The van der Waals surface area contributed by atoms with Gasteiger partial charge in [0, 0.05) is 16.3 Å². The van der Waals surface area contributed by atoms with Gasteiger partial charge >= 0.3 is 0 Å². The van der Waals surface area contributed by atoms with E-state index in [0.717, 1.165) is 29.7 Å². The van der Waals surface area contributed by atoms with Crippen molar-refractivity contribution in [2.75, 3.05) is 11.5 Å². The van der Waals surface area contributed by atoms with Crippen LogP contribution >= 0.6 is 11.6 Å². The van der Waals surface area contributed by atoms with E-state index < -0.39 is 17.7 Å². The van der Waals surface area contributed by atoms with E-state index in [2.05, 4.69) is 0 Å². The minimum Gasteiger partial charge on any atom is -0.507 e. The lowest BCUT2D eigenvalue weighted by Gasteiger charge is -2.25. The molecule has 5 rings (SSSR count). The fourth-order valence-electron chi connectivity index (χ4n) is 4.34. The molecule has 3 aromatic carbocycles. The molecule has 5 nitrogen and oxygen atoms in total. The number of hydrogen-bond acceptors (Lipinski definition) is 4. The molecule has 32 heavy (non-hydrogen) atoms. The highest BCUT2D eigenvalue weighted by Gasteiger charge is 2.47. The Balaban J connectivity index is 1.69. The summed E-state index contributed by atoms with van der Waals surface area (Å²) in [7, 11) is 0. The number of nitrogens with zero attached hydrogens (tertiary/aromatic N) is 1. The van der Waals surface area contributed by atoms with Crippen molar-refractivity contribution in [1.29, 1.82) is 0 Å². The van der Waals surface area contributed by atoms with E-state index in [1.165, 1.54) is 4.90 Å². The molecule has 0 spiro atoms. The van der Waals surface area contributed by atoms with Crippen LogP contribution in [0.5, 0.6) is 5.75 Å². The quantitative estimate of drug-likeness (QED) is 0.338. The lowest BCUT2D eigenvalue weighted by atomic mass is 9.94. The molecule has 6 heteroatoms. The standard InChI is InChI=1S/C26H20ClNO4/c27-19-9-4-10-20(15-19)28-23(16-6-2-1-3-7-16)22(25(30)26(28)31)24(29)18-11-12-21-17(14-18)8-5-13-32-21/h1-4,6-7,9-12,14-15,23,29H,5,8,13H2/b24-22-. The van der Waals surface area contributed by atoms with Crippen LogP contribution < -0.4 is 9.64 Å². The number of benzene rings is 3. The van der Waals surface area contributed by atoms with Crippen molar-refractivity contribution >= 4 is 34.7 Å². The topological polar surface area (TPSA) is 66.8 Å². The first-order valence-electron chi connectivity index (χ1n) is 10.4. The molecule has 0 aliphatic carbocycles. The first kappa shape index (κ1) is 20.3. The van der Waals surface area contributed by atoms with E-state index in [9.17, 15) is 14.7 Å². The number of carbonyl (C=O) groups excluding carboxylic acids is 2. The molecule has 0 radical (unpaired) electrons. The summed E-state index contributed by atoms with van der Waals surface area (Å²) in [6, 6.07) is 20.6. The Morgan fingerprint density at radius 3 is 2.59 bits per heavy atom. The molecule has 2 aliphatic rings. The third kappa shape index (κ3) is 3.45. The summed E-state index contributed by atoms with van der Waals surface area (Å²) >= 11 is 6.17. The summed E-state index contributed by atoms with van der Waals surface area (Å²) in [6.45, 7) is 0.664.